The van der Waals surface area contributed by atoms with E-state index < -0.39 is 11.7 Å². The van der Waals surface area contributed by atoms with Gasteiger partial charge >= 0.3 is 6.18 Å². The van der Waals surface area contributed by atoms with Crippen LogP contribution < -0.4 is 10.2 Å². The number of alkyl halides is 3. The Bertz CT molecular complexity index is 949. The molecule has 3 aromatic rings. The number of anilines is 2. The average molecular weight is 392 g/mol. The van der Waals surface area contributed by atoms with E-state index in [-0.39, 0.29) is 17.5 Å². The summed E-state index contributed by atoms with van der Waals surface area (Å²) in [4.78, 5) is 6.70. The Hall–Kier alpha value is -2.48. The topological polar surface area (TPSA) is 48.1 Å². The number of hydrogen-bond donors (Lipinski definition) is 1. The fourth-order valence-electron chi connectivity index (χ4n) is 3.32. The molecule has 2 aromatic carbocycles. The minimum atomic E-state index is -4.37. The lowest BCUT2D eigenvalue weighted by atomic mass is 10.0. The molecular formula is C19H17F3N3OS. The summed E-state index contributed by atoms with van der Waals surface area (Å²) < 4.78 is 40.3. The Morgan fingerprint density at radius 3 is 2.59 bits per heavy atom. The number of fused-ring (bicyclic) bond motifs is 1. The molecule has 0 aliphatic carbocycles. The molecule has 1 saturated heterocycles. The highest BCUT2D eigenvalue weighted by atomic mass is 32.1. The highest BCUT2D eigenvalue weighted by Crippen LogP contribution is 2.36. The summed E-state index contributed by atoms with van der Waals surface area (Å²) in [7, 11) is 0. The van der Waals surface area contributed by atoms with Crippen LogP contribution in [0.5, 0.6) is 5.75 Å². The molecule has 4 rings (SSSR count). The molecule has 2 heterocycles. The van der Waals surface area contributed by atoms with Crippen molar-refractivity contribution in [3.8, 4) is 5.75 Å². The molecule has 0 amide bonds. The fourth-order valence-corrected chi connectivity index (χ4v) is 4.36. The van der Waals surface area contributed by atoms with Gasteiger partial charge in [0, 0.05) is 30.9 Å². The molecule has 1 aliphatic rings. The maximum Gasteiger partial charge on any atom is 0.418 e. The zero-order chi connectivity index (χ0) is 19.0. The Balaban J connectivity index is 1.43. The number of benzene rings is 2. The molecule has 141 valence electrons. The fraction of sp³-hybridized carbons (Fsp3) is 0.316. The van der Waals surface area contributed by atoms with Gasteiger partial charge in [-0.3, -0.25) is 5.11 Å². The van der Waals surface area contributed by atoms with Gasteiger partial charge in [0.05, 0.1) is 15.8 Å². The van der Waals surface area contributed by atoms with Crippen molar-refractivity contribution in [3.05, 3.63) is 48.0 Å². The maximum atomic E-state index is 13.1. The van der Waals surface area contributed by atoms with E-state index in [1.807, 2.05) is 0 Å². The third-order valence-corrected chi connectivity index (χ3v) is 5.79. The first-order valence-electron chi connectivity index (χ1n) is 8.65. The van der Waals surface area contributed by atoms with E-state index >= 15 is 0 Å². The first kappa shape index (κ1) is 17.9. The van der Waals surface area contributed by atoms with Crippen LogP contribution in [0.3, 0.4) is 0 Å². The quantitative estimate of drug-likeness (QED) is 0.637. The van der Waals surface area contributed by atoms with Gasteiger partial charge in [-0.2, -0.15) is 13.2 Å². The van der Waals surface area contributed by atoms with Crippen LogP contribution in [0, 0.1) is 0 Å². The van der Waals surface area contributed by atoms with E-state index in [0.29, 0.717) is 13.1 Å². The number of halogens is 3. The number of piperidine rings is 1. The number of rotatable bonds is 3. The predicted octanol–water partition coefficient (Wildman–Crippen LogP) is 5.54. The van der Waals surface area contributed by atoms with Gasteiger partial charge in [0.25, 0.3) is 0 Å². The number of nitrogens with one attached hydrogen (secondary N) is 1. The van der Waals surface area contributed by atoms with E-state index in [4.69, 9.17) is 0 Å². The Kier molecular flexibility index (Phi) is 4.59. The van der Waals surface area contributed by atoms with Crippen molar-refractivity contribution in [2.24, 2.45) is 0 Å². The Morgan fingerprint density at radius 2 is 1.85 bits per heavy atom. The summed E-state index contributed by atoms with van der Waals surface area (Å²) in [6, 6.07) is 10.4. The average Bonchev–Trinajstić information content (AvgIpc) is 3.05. The van der Waals surface area contributed by atoms with Crippen LogP contribution in [0.15, 0.2) is 42.5 Å². The van der Waals surface area contributed by atoms with E-state index in [1.165, 1.54) is 29.5 Å². The maximum absolute atomic E-state index is 13.1. The smallest absolute Gasteiger partial charge is 0.382 e. The van der Waals surface area contributed by atoms with Crippen molar-refractivity contribution >= 4 is 32.4 Å². The van der Waals surface area contributed by atoms with Crippen LogP contribution in [0.4, 0.5) is 24.0 Å². The standard InChI is InChI=1S/C19H17F3N3OS/c20-19(21,22)14-3-1-2-4-15(14)23-12-7-9-25(10-8-12)18-24-16-6-5-13(26)11-17(16)27-18/h1-6,11-12,23H,7-10H2. The summed E-state index contributed by atoms with van der Waals surface area (Å²) in [6.45, 7) is 1.41. The molecule has 1 N–H and O–H groups in total. The summed E-state index contributed by atoms with van der Waals surface area (Å²) in [5.41, 5.74) is 0.299. The van der Waals surface area contributed by atoms with E-state index in [2.05, 4.69) is 15.2 Å². The third kappa shape index (κ3) is 3.80. The molecule has 27 heavy (non-hydrogen) atoms. The zero-order valence-electron chi connectivity index (χ0n) is 14.3. The van der Waals surface area contributed by atoms with E-state index in [9.17, 15) is 18.3 Å². The first-order chi connectivity index (χ1) is 12.9. The number of hydrogen-bond acceptors (Lipinski definition) is 4. The van der Waals surface area contributed by atoms with Gasteiger partial charge in [-0.15, -0.1) is 0 Å². The zero-order valence-corrected chi connectivity index (χ0v) is 15.1. The number of thiazole rings is 1. The predicted molar refractivity (Wildman–Crippen MR) is 100 cm³/mol. The number of nitrogens with zero attached hydrogens (tertiary/aromatic N) is 2. The summed E-state index contributed by atoms with van der Waals surface area (Å²) >= 11 is 1.47. The SMILES string of the molecule is [O]c1ccc2nc(N3CCC(Nc4ccccc4C(F)(F)F)CC3)sc2c1. The lowest BCUT2D eigenvalue weighted by molar-refractivity contribution is -0.137. The van der Waals surface area contributed by atoms with Crippen molar-refractivity contribution in [2.45, 2.75) is 25.1 Å². The normalized spacial score (nSPS) is 16.0. The lowest BCUT2D eigenvalue weighted by Crippen LogP contribution is -2.39. The summed E-state index contributed by atoms with van der Waals surface area (Å²) in [6.07, 6.45) is -2.93. The summed E-state index contributed by atoms with van der Waals surface area (Å²) in [5, 5.41) is 15.4. The van der Waals surface area contributed by atoms with Gasteiger partial charge in [-0.05, 0) is 37.1 Å². The van der Waals surface area contributed by atoms with Crippen LogP contribution in [0.25, 0.3) is 10.2 Å². The van der Waals surface area contributed by atoms with Gasteiger partial charge in [-0.25, -0.2) is 4.98 Å². The van der Waals surface area contributed by atoms with Crippen LogP contribution in [-0.2, 0) is 11.3 Å². The van der Waals surface area contributed by atoms with Crippen molar-refractivity contribution in [1.29, 1.82) is 0 Å². The molecule has 1 fully saturated rings. The van der Waals surface area contributed by atoms with Gasteiger partial charge < -0.3 is 10.2 Å². The minimum absolute atomic E-state index is 0.0210. The Labute approximate surface area is 158 Å². The minimum Gasteiger partial charge on any atom is -0.382 e. The molecule has 0 spiro atoms. The molecule has 0 bridgehead atoms. The number of para-hydroxylation sites is 1. The van der Waals surface area contributed by atoms with Crippen molar-refractivity contribution < 1.29 is 18.3 Å². The van der Waals surface area contributed by atoms with E-state index in [1.54, 1.807) is 18.2 Å². The second kappa shape index (κ2) is 6.92. The van der Waals surface area contributed by atoms with Gasteiger partial charge in [0.15, 0.2) is 10.9 Å². The molecule has 0 atom stereocenters. The molecule has 4 nitrogen and oxygen atoms in total. The molecular weight excluding hydrogens is 375 g/mol. The van der Waals surface area contributed by atoms with Crippen molar-refractivity contribution in [3.63, 3.8) is 0 Å². The highest BCUT2D eigenvalue weighted by Gasteiger charge is 2.34. The molecule has 0 unspecified atom stereocenters. The van der Waals surface area contributed by atoms with Gasteiger partial charge in [-0.1, -0.05) is 23.5 Å². The highest BCUT2D eigenvalue weighted by molar-refractivity contribution is 7.22. The van der Waals surface area contributed by atoms with Gasteiger partial charge in [0.1, 0.15) is 0 Å². The molecule has 1 aromatic heterocycles. The van der Waals surface area contributed by atoms with Crippen molar-refractivity contribution in [2.75, 3.05) is 23.3 Å². The van der Waals surface area contributed by atoms with Crippen molar-refractivity contribution in [1.82, 2.24) is 4.98 Å². The monoisotopic (exact) mass is 392 g/mol. The van der Waals surface area contributed by atoms with Gasteiger partial charge in [0.2, 0.25) is 0 Å². The largest absolute Gasteiger partial charge is 0.418 e. The van der Waals surface area contributed by atoms with Crippen LogP contribution >= 0.6 is 11.3 Å². The van der Waals surface area contributed by atoms with E-state index in [0.717, 1.165) is 34.3 Å². The Morgan fingerprint density at radius 1 is 1.11 bits per heavy atom. The van der Waals surface area contributed by atoms with Crippen LogP contribution in [0.2, 0.25) is 0 Å². The first-order valence-corrected chi connectivity index (χ1v) is 9.47. The van der Waals surface area contributed by atoms with Crippen LogP contribution in [0.1, 0.15) is 18.4 Å². The summed E-state index contributed by atoms with van der Waals surface area (Å²) in [5.74, 6) is -0.0380. The second-order valence-electron chi connectivity index (χ2n) is 6.57. The molecule has 1 radical (unpaired) electrons. The molecule has 1 aliphatic heterocycles. The van der Waals surface area contributed by atoms with Crippen LogP contribution in [-0.4, -0.2) is 24.1 Å². The molecule has 8 heteroatoms. The number of aromatic nitrogens is 1. The molecule has 0 saturated carbocycles. The lowest BCUT2D eigenvalue weighted by Gasteiger charge is -2.33. The second-order valence-corrected chi connectivity index (χ2v) is 7.58. The third-order valence-electron chi connectivity index (χ3n) is 4.71.